The number of aryl methyl sites for hydroxylation is 2. The number of ether oxygens (including phenoxy) is 2. The lowest BCUT2D eigenvalue weighted by Gasteiger charge is -2.18. The summed E-state index contributed by atoms with van der Waals surface area (Å²) < 4.78 is 11.8. The fourth-order valence-corrected chi connectivity index (χ4v) is 3.45. The predicted molar refractivity (Wildman–Crippen MR) is 126 cm³/mol. The van der Waals surface area contributed by atoms with Gasteiger partial charge in [-0.05, 0) is 61.1 Å². The topological polar surface area (TPSA) is 52.6 Å². The highest BCUT2D eigenvalue weighted by Gasteiger charge is 2.22. The van der Waals surface area contributed by atoms with Crippen LogP contribution in [0.2, 0.25) is 0 Å². The number of carbonyl (C=O) groups is 2. The van der Waals surface area contributed by atoms with Gasteiger partial charge < -0.3 is 9.47 Å². The lowest BCUT2D eigenvalue weighted by atomic mass is 10.0. The molecule has 0 aromatic heterocycles. The molecule has 0 fully saturated rings. The molecule has 0 aliphatic heterocycles. The normalized spacial score (nSPS) is 10.6. The van der Waals surface area contributed by atoms with Crippen LogP contribution in [0.5, 0.6) is 11.5 Å². The van der Waals surface area contributed by atoms with Crippen molar-refractivity contribution in [2.45, 2.75) is 52.4 Å². The first kappa shape index (κ1) is 23.3. The van der Waals surface area contributed by atoms with E-state index < -0.39 is 11.9 Å². The van der Waals surface area contributed by atoms with Crippen LogP contribution in [0.4, 0.5) is 0 Å². The first-order valence-corrected chi connectivity index (χ1v) is 11.3. The van der Waals surface area contributed by atoms with Crippen LogP contribution in [0.1, 0.15) is 71.4 Å². The third-order valence-corrected chi connectivity index (χ3v) is 5.28. The lowest BCUT2D eigenvalue weighted by molar-refractivity contribution is 0.0679. The van der Waals surface area contributed by atoms with Crippen LogP contribution in [-0.2, 0) is 12.8 Å². The van der Waals surface area contributed by atoms with Crippen molar-refractivity contribution in [2.24, 2.45) is 0 Å². The number of esters is 2. The highest BCUT2D eigenvalue weighted by atomic mass is 16.6. The molecular formula is C28H30O4. The average Bonchev–Trinajstić information content (AvgIpc) is 2.84. The zero-order chi connectivity index (χ0) is 22.8. The van der Waals surface area contributed by atoms with Gasteiger partial charge in [0.05, 0.1) is 11.1 Å². The molecule has 166 valence electrons. The minimum absolute atomic E-state index is 0.352. The highest BCUT2D eigenvalue weighted by molar-refractivity contribution is 5.93. The zero-order valence-corrected chi connectivity index (χ0v) is 18.8. The van der Waals surface area contributed by atoms with Gasteiger partial charge in [-0.3, -0.25) is 0 Å². The van der Waals surface area contributed by atoms with Gasteiger partial charge in [-0.25, -0.2) is 9.59 Å². The first-order valence-electron chi connectivity index (χ1n) is 11.3. The fraction of sp³-hybridized carbons (Fsp3) is 0.286. The quantitative estimate of drug-likeness (QED) is 0.262. The van der Waals surface area contributed by atoms with Gasteiger partial charge in [0.2, 0.25) is 0 Å². The highest BCUT2D eigenvalue weighted by Crippen LogP contribution is 2.38. The molecule has 0 heterocycles. The fourth-order valence-electron chi connectivity index (χ4n) is 3.45. The Morgan fingerprint density at radius 2 is 0.969 bits per heavy atom. The van der Waals surface area contributed by atoms with E-state index in [1.165, 1.54) is 0 Å². The molecule has 0 N–H and O–H groups in total. The van der Waals surface area contributed by atoms with Crippen molar-refractivity contribution in [1.29, 1.82) is 0 Å². The van der Waals surface area contributed by atoms with Crippen molar-refractivity contribution in [1.82, 2.24) is 0 Å². The van der Waals surface area contributed by atoms with Crippen LogP contribution in [-0.4, -0.2) is 11.9 Å². The van der Waals surface area contributed by atoms with E-state index in [0.29, 0.717) is 22.6 Å². The summed E-state index contributed by atoms with van der Waals surface area (Å²) in [5.74, 6) is -0.226. The van der Waals surface area contributed by atoms with Crippen molar-refractivity contribution >= 4 is 11.9 Å². The molecule has 0 unspecified atom stereocenters. The van der Waals surface area contributed by atoms with Crippen molar-refractivity contribution in [2.75, 3.05) is 0 Å². The monoisotopic (exact) mass is 430 g/mol. The smallest absolute Gasteiger partial charge is 0.343 e. The molecule has 32 heavy (non-hydrogen) atoms. The van der Waals surface area contributed by atoms with Crippen LogP contribution in [0, 0.1) is 0 Å². The van der Waals surface area contributed by atoms with E-state index >= 15 is 0 Å². The number of hydrogen-bond donors (Lipinski definition) is 0. The molecule has 4 heteroatoms. The number of carbonyl (C=O) groups excluding carboxylic acids is 2. The molecule has 3 rings (SSSR count). The van der Waals surface area contributed by atoms with Crippen LogP contribution in [0.3, 0.4) is 0 Å². The van der Waals surface area contributed by atoms with Gasteiger partial charge in [-0.2, -0.15) is 0 Å². The van der Waals surface area contributed by atoms with Gasteiger partial charge >= 0.3 is 11.9 Å². The van der Waals surface area contributed by atoms with Gasteiger partial charge in [-0.15, -0.1) is 0 Å². The molecule has 0 aliphatic carbocycles. The van der Waals surface area contributed by atoms with E-state index in [1.54, 1.807) is 48.5 Å². The maximum atomic E-state index is 12.9. The molecule has 0 aliphatic rings. The number of hydrogen-bond acceptors (Lipinski definition) is 4. The summed E-state index contributed by atoms with van der Waals surface area (Å²) in [5, 5.41) is 0. The van der Waals surface area contributed by atoms with Crippen molar-refractivity contribution in [3.05, 3.63) is 95.1 Å². The molecule has 0 bridgehead atoms. The van der Waals surface area contributed by atoms with E-state index in [9.17, 15) is 9.59 Å². The first-order chi connectivity index (χ1) is 15.6. The Morgan fingerprint density at radius 3 is 1.31 bits per heavy atom. The molecule has 0 atom stereocenters. The van der Waals surface area contributed by atoms with Gasteiger partial charge in [0.15, 0.2) is 11.5 Å². The van der Waals surface area contributed by atoms with Gasteiger partial charge in [0.25, 0.3) is 0 Å². The minimum Gasteiger partial charge on any atom is -0.419 e. The second-order valence-electron chi connectivity index (χ2n) is 7.76. The Hall–Kier alpha value is -3.40. The Labute approximate surface area is 190 Å². The van der Waals surface area contributed by atoms with Crippen molar-refractivity contribution in [3.8, 4) is 11.5 Å². The Morgan fingerprint density at radius 1 is 0.594 bits per heavy atom. The van der Waals surface area contributed by atoms with E-state index in [2.05, 4.69) is 13.8 Å². The SMILES string of the molecule is CCCCc1ccc(CCCC)c(OC(=O)c2ccccc2)c1OC(=O)c1ccccc1. The number of rotatable bonds is 10. The molecule has 3 aromatic carbocycles. The Bertz CT molecular complexity index is 942. The van der Waals surface area contributed by atoms with E-state index in [0.717, 1.165) is 49.7 Å². The molecule has 0 amide bonds. The second-order valence-corrected chi connectivity index (χ2v) is 7.76. The second kappa shape index (κ2) is 11.8. The summed E-state index contributed by atoms with van der Waals surface area (Å²) in [6, 6.07) is 21.7. The summed E-state index contributed by atoms with van der Waals surface area (Å²) in [7, 11) is 0. The van der Waals surface area contributed by atoms with Crippen LogP contribution in [0.25, 0.3) is 0 Å². The van der Waals surface area contributed by atoms with Crippen LogP contribution in [0.15, 0.2) is 72.8 Å². The van der Waals surface area contributed by atoms with E-state index in [4.69, 9.17) is 9.47 Å². The number of unbranched alkanes of at least 4 members (excludes halogenated alkanes) is 2. The van der Waals surface area contributed by atoms with Gasteiger partial charge in [0.1, 0.15) is 0 Å². The summed E-state index contributed by atoms with van der Waals surface area (Å²) >= 11 is 0. The van der Waals surface area contributed by atoms with Crippen molar-refractivity contribution in [3.63, 3.8) is 0 Å². The zero-order valence-electron chi connectivity index (χ0n) is 18.8. The Kier molecular flexibility index (Phi) is 8.61. The summed E-state index contributed by atoms with van der Waals surface area (Å²) in [6.07, 6.45) is 5.35. The lowest BCUT2D eigenvalue weighted by Crippen LogP contribution is -2.15. The summed E-state index contributed by atoms with van der Waals surface area (Å²) in [4.78, 5) is 25.8. The molecule has 0 spiro atoms. The largest absolute Gasteiger partial charge is 0.419 e. The molecular weight excluding hydrogens is 400 g/mol. The van der Waals surface area contributed by atoms with Crippen LogP contribution >= 0.6 is 0 Å². The van der Waals surface area contributed by atoms with Gasteiger partial charge in [-0.1, -0.05) is 75.2 Å². The Balaban J connectivity index is 2.03. The summed E-state index contributed by atoms with van der Waals surface area (Å²) in [6.45, 7) is 4.23. The summed E-state index contributed by atoms with van der Waals surface area (Å²) in [5.41, 5.74) is 2.64. The maximum Gasteiger partial charge on any atom is 0.343 e. The van der Waals surface area contributed by atoms with E-state index in [1.807, 2.05) is 24.3 Å². The van der Waals surface area contributed by atoms with E-state index in [-0.39, 0.29) is 0 Å². The standard InChI is InChI=1S/C28H30O4/c1-3-5-13-21-19-20-22(14-6-4-2)26(32-28(30)24-17-11-8-12-18-24)25(21)31-27(29)23-15-9-7-10-16-23/h7-12,15-20H,3-6,13-14H2,1-2H3. The predicted octanol–water partition coefficient (Wildman–Crippen LogP) is 6.81. The molecule has 3 aromatic rings. The van der Waals surface area contributed by atoms with Gasteiger partial charge in [0, 0.05) is 0 Å². The van der Waals surface area contributed by atoms with Crippen molar-refractivity contribution < 1.29 is 19.1 Å². The van der Waals surface area contributed by atoms with Crippen LogP contribution < -0.4 is 9.47 Å². The molecule has 0 saturated carbocycles. The average molecular weight is 431 g/mol. The molecule has 0 radical (unpaired) electrons. The maximum absolute atomic E-state index is 12.9. The third-order valence-electron chi connectivity index (χ3n) is 5.28. The minimum atomic E-state index is -0.465. The molecule has 0 saturated heterocycles. The molecule has 4 nitrogen and oxygen atoms in total. The number of benzene rings is 3. The third kappa shape index (κ3) is 6.07.